The van der Waals surface area contributed by atoms with Crippen LogP contribution in [0.2, 0.25) is 0 Å². The summed E-state index contributed by atoms with van der Waals surface area (Å²) in [4.78, 5) is 10.6. The second-order valence-corrected chi connectivity index (χ2v) is 5.80. The van der Waals surface area contributed by atoms with Gasteiger partial charge in [0.25, 0.3) is 0 Å². The van der Waals surface area contributed by atoms with Gasteiger partial charge in [0, 0.05) is 0 Å². The molecular weight excluding hydrogens is 224 g/mol. The van der Waals surface area contributed by atoms with E-state index in [1.807, 2.05) is 0 Å². The molecule has 0 fully saturated rings. The average Bonchev–Trinajstić information content (AvgIpc) is 2.35. The summed E-state index contributed by atoms with van der Waals surface area (Å²) < 4.78 is 0. The molecule has 2 atom stereocenters. The topological polar surface area (TPSA) is 37.3 Å². The zero-order valence-corrected chi connectivity index (χ0v) is 12.6. The number of hydrogen-bond acceptors (Lipinski definition) is 1. The first kappa shape index (κ1) is 17.5. The number of carboxylic acids is 1. The van der Waals surface area contributed by atoms with Crippen molar-refractivity contribution in [3.05, 3.63) is 0 Å². The predicted molar refractivity (Wildman–Crippen MR) is 77.8 cm³/mol. The third kappa shape index (κ3) is 10.6. The van der Waals surface area contributed by atoms with Gasteiger partial charge in [0.05, 0.1) is 5.92 Å². The van der Waals surface area contributed by atoms with E-state index >= 15 is 0 Å². The highest BCUT2D eigenvalue weighted by atomic mass is 16.4. The molecule has 0 aliphatic rings. The highest BCUT2D eigenvalue weighted by Crippen LogP contribution is 2.15. The Balaban J connectivity index is 3.14. The van der Waals surface area contributed by atoms with Crippen molar-refractivity contribution in [2.75, 3.05) is 0 Å². The van der Waals surface area contributed by atoms with Gasteiger partial charge >= 0.3 is 5.97 Å². The summed E-state index contributed by atoms with van der Waals surface area (Å²) in [6, 6.07) is 0. The molecule has 0 amide bonds. The lowest BCUT2D eigenvalue weighted by molar-refractivity contribution is -0.141. The van der Waals surface area contributed by atoms with Crippen LogP contribution in [0.4, 0.5) is 0 Å². The van der Waals surface area contributed by atoms with E-state index in [0.717, 1.165) is 18.8 Å². The summed E-state index contributed by atoms with van der Waals surface area (Å²) in [5.41, 5.74) is 0. The van der Waals surface area contributed by atoms with Crippen LogP contribution in [0, 0.1) is 11.8 Å². The van der Waals surface area contributed by atoms with E-state index in [4.69, 9.17) is 5.11 Å². The Kier molecular flexibility index (Phi) is 11.2. The molecule has 2 nitrogen and oxygen atoms in total. The molecule has 1 N–H and O–H groups in total. The van der Waals surface area contributed by atoms with Crippen molar-refractivity contribution in [2.45, 2.75) is 85.0 Å². The third-order valence-corrected chi connectivity index (χ3v) is 3.95. The molecule has 2 heteroatoms. The summed E-state index contributed by atoms with van der Waals surface area (Å²) in [6.07, 6.45) is 12.5. The number of unbranched alkanes of at least 4 members (excludes halogenated alkanes) is 6. The van der Waals surface area contributed by atoms with Gasteiger partial charge < -0.3 is 5.11 Å². The van der Waals surface area contributed by atoms with Crippen molar-refractivity contribution < 1.29 is 9.90 Å². The van der Waals surface area contributed by atoms with E-state index in [2.05, 4.69) is 13.8 Å². The summed E-state index contributed by atoms with van der Waals surface area (Å²) in [5.74, 6) is 0.0723. The molecule has 0 saturated carbocycles. The molecule has 0 aliphatic heterocycles. The van der Waals surface area contributed by atoms with Gasteiger partial charge in [-0.3, -0.25) is 4.79 Å². The second kappa shape index (κ2) is 11.6. The maximum absolute atomic E-state index is 10.6. The Morgan fingerprint density at radius 2 is 1.33 bits per heavy atom. The third-order valence-electron chi connectivity index (χ3n) is 3.95. The van der Waals surface area contributed by atoms with Gasteiger partial charge in [-0.25, -0.2) is 0 Å². The lowest BCUT2D eigenvalue weighted by Gasteiger charge is -2.08. The minimum Gasteiger partial charge on any atom is -0.481 e. The number of hydrogen-bond donors (Lipinski definition) is 1. The van der Waals surface area contributed by atoms with E-state index in [1.54, 1.807) is 6.92 Å². The van der Waals surface area contributed by atoms with Crippen molar-refractivity contribution >= 4 is 5.97 Å². The Hall–Kier alpha value is -0.530. The van der Waals surface area contributed by atoms with Crippen LogP contribution in [0.3, 0.4) is 0 Å². The molecule has 108 valence electrons. The predicted octanol–water partition coefficient (Wildman–Crippen LogP) is 5.26. The number of aliphatic carboxylic acids is 1. The molecule has 0 spiro atoms. The monoisotopic (exact) mass is 256 g/mol. The van der Waals surface area contributed by atoms with Gasteiger partial charge in [-0.1, -0.05) is 78.6 Å². The molecule has 0 saturated heterocycles. The summed E-state index contributed by atoms with van der Waals surface area (Å²) in [7, 11) is 0. The molecule has 0 aromatic carbocycles. The first-order valence-corrected chi connectivity index (χ1v) is 7.80. The first-order chi connectivity index (χ1) is 8.57. The highest BCUT2D eigenvalue weighted by molar-refractivity contribution is 5.69. The Morgan fingerprint density at radius 3 is 1.78 bits per heavy atom. The van der Waals surface area contributed by atoms with E-state index in [9.17, 15) is 4.79 Å². The molecule has 0 bridgehead atoms. The molecule has 0 aliphatic carbocycles. The second-order valence-electron chi connectivity index (χ2n) is 5.80. The number of carbonyl (C=O) groups is 1. The maximum atomic E-state index is 10.6. The molecule has 0 aromatic heterocycles. The quantitative estimate of drug-likeness (QED) is 0.483. The fourth-order valence-electron chi connectivity index (χ4n) is 2.15. The van der Waals surface area contributed by atoms with Crippen LogP contribution in [0.1, 0.15) is 85.0 Å². The summed E-state index contributed by atoms with van der Waals surface area (Å²) >= 11 is 0. The van der Waals surface area contributed by atoms with Crippen LogP contribution in [0.15, 0.2) is 0 Å². The largest absolute Gasteiger partial charge is 0.481 e. The minimum absolute atomic E-state index is 0.166. The first-order valence-electron chi connectivity index (χ1n) is 7.80. The molecule has 0 rings (SSSR count). The number of carboxylic acid groups (broad SMARTS) is 1. The van der Waals surface area contributed by atoms with Gasteiger partial charge in [0.2, 0.25) is 0 Å². The van der Waals surface area contributed by atoms with Crippen LogP contribution in [-0.4, -0.2) is 11.1 Å². The zero-order valence-electron chi connectivity index (χ0n) is 12.6. The van der Waals surface area contributed by atoms with Crippen LogP contribution >= 0.6 is 0 Å². The van der Waals surface area contributed by atoms with Crippen molar-refractivity contribution in [3.63, 3.8) is 0 Å². The molecular formula is C16H32O2. The van der Waals surface area contributed by atoms with E-state index in [-0.39, 0.29) is 5.92 Å². The minimum atomic E-state index is -0.653. The van der Waals surface area contributed by atoms with E-state index < -0.39 is 5.97 Å². The van der Waals surface area contributed by atoms with Gasteiger partial charge in [0.1, 0.15) is 0 Å². The molecule has 0 heterocycles. The zero-order chi connectivity index (χ0) is 13.8. The molecule has 18 heavy (non-hydrogen) atoms. The van der Waals surface area contributed by atoms with E-state index in [0.29, 0.717) is 0 Å². The SMILES string of the molecule is CC[C@H](C)CCCCCCCCC[C@@H](C)C(=O)O. The summed E-state index contributed by atoms with van der Waals surface area (Å²) in [6.45, 7) is 6.41. The summed E-state index contributed by atoms with van der Waals surface area (Å²) in [5, 5.41) is 8.75. The van der Waals surface area contributed by atoms with Gasteiger partial charge in [0.15, 0.2) is 0 Å². The number of rotatable bonds is 12. The lowest BCUT2D eigenvalue weighted by atomic mass is 9.99. The smallest absolute Gasteiger partial charge is 0.306 e. The van der Waals surface area contributed by atoms with E-state index in [1.165, 1.54) is 51.4 Å². The Labute approximate surface area is 113 Å². The highest BCUT2D eigenvalue weighted by Gasteiger charge is 2.09. The van der Waals surface area contributed by atoms with Crippen molar-refractivity contribution in [1.82, 2.24) is 0 Å². The van der Waals surface area contributed by atoms with Crippen LogP contribution in [0.25, 0.3) is 0 Å². The van der Waals surface area contributed by atoms with Crippen LogP contribution < -0.4 is 0 Å². The molecule has 0 unspecified atom stereocenters. The Morgan fingerprint density at radius 1 is 0.889 bits per heavy atom. The maximum Gasteiger partial charge on any atom is 0.306 e. The molecule has 0 radical (unpaired) electrons. The van der Waals surface area contributed by atoms with Gasteiger partial charge in [-0.15, -0.1) is 0 Å². The lowest BCUT2D eigenvalue weighted by Crippen LogP contribution is -2.08. The van der Waals surface area contributed by atoms with Crippen molar-refractivity contribution in [1.29, 1.82) is 0 Å². The van der Waals surface area contributed by atoms with Crippen molar-refractivity contribution in [3.8, 4) is 0 Å². The standard InChI is InChI=1S/C16H32O2/c1-4-14(2)12-10-8-6-5-7-9-11-13-15(3)16(17)18/h14-15H,4-13H2,1-3H3,(H,17,18)/t14-,15+/m0/s1. The Bertz CT molecular complexity index is 201. The average molecular weight is 256 g/mol. The van der Waals surface area contributed by atoms with Crippen LogP contribution in [-0.2, 0) is 4.79 Å². The fourth-order valence-corrected chi connectivity index (χ4v) is 2.15. The fraction of sp³-hybridized carbons (Fsp3) is 0.938. The van der Waals surface area contributed by atoms with Crippen LogP contribution in [0.5, 0.6) is 0 Å². The molecule has 0 aromatic rings. The normalized spacial score (nSPS) is 14.4. The van der Waals surface area contributed by atoms with Gasteiger partial charge in [-0.05, 0) is 12.3 Å². The van der Waals surface area contributed by atoms with Crippen molar-refractivity contribution in [2.24, 2.45) is 11.8 Å². The van der Waals surface area contributed by atoms with Gasteiger partial charge in [-0.2, -0.15) is 0 Å².